The number of esters is 1. The Morgan fingerprint density at radius 1 is 1.07 bits per heavy atom. The smallest absolute Gasteiger partial charge is 0.406 e. The molecule has 0 bridgehead atoms. The van der Waals surface area contributed by atoms with Crippen LogP contribution in [0.5, 0.6) is 11.5 Å². The number of carbonyl (C=O) groups excluding carboxylic acids is 2. The normalized spacial score (nSPS) is 12.3. The second-order valence-corrected chi connectivity index (χ2v) is 6.62. The van der Waals surface area contributed by atoms with E-state index in [1.165, 1.54) is 41.1 Å². The number of aryl methyl sites for hydroxylation is 1. The van der Waals surface area contributed by atoms with Crippen LogP contribution in [0.4, 0.5) is 18.9 Å². The molecule has 10 heteroatoms. The standard InChI is InChI=1S/C20H23F3N2O5/c1-11-6-17(12(2)25(11)10-20(21,22)23)19(27)30-13(3)18(26)24-14-7-15(28-4)9-16(8-14)29-5/h6-9,13H,10H2,1-5H3,(H,24,26). The molecular formula is C20H23F3N2O5. The maximum Gasteiger partial charge on any atom is 0.406 e. The van der Waals surface area contributed by atoms with E-state index in [-0.39, 0.29) is 17.0 Å². The van der Waals surface area contributed by atoms with Gasteiger partial charge in [0.1, 0.15) is 18.0 Å². The summed E-state index contributed by atoms with van der Waals surface area (Å²) in [6.45, 7) is 3.00. The highest BCUT2D eigenvalue weighted by Crippen LogP contribution is 2.26. The lowest BCUT2D eigenvalue weighted by Crippen LogP contribution is -2.30. The first-order chi connectivity index (χ1) is 13.9. The molecule has 1 N–H and O–H groups in total. The number of methoxy groups -OCH3 is 2. The van der Waals surface area contributed by atoms with E-state index in [9.17, 15) is 22.8 Å². The van der Waals surface area contributed by atoms with Crippen molar-refractivity contribution in [3.8, 4) is 11.5 Å². The van der Waals surface area contributed by atoms with Gasteiger partial charge < -0.3 is 24.1 Å². The summed E-state index contributed by atoms with van der Waals surface area (Å²) < 4.78 is 54.6. The Labute approximate surface area is 171 Å². The maximum absolute atomic E-state index is 12.7. The summed E-state index contributed by atoms with van der Waals surface area (Å²) in [4.78, 5) is 24.8. The van der Waals surface area contributed by atoms with Gasteiger partial charge >= 0.3 is 12.1 Å². The third-order valence-electron chi connectivity index (χ3n) is 4.40. The van der Waals surface area contributed by atoms with E-state index in [1.807, 2.05) is 0 Å². The lowest BCUT2D eigenvalue weighted by molar-refractivity contribution is -0.141. The van der Waals surface area contributed by atoms with Crippen molar-refractivity contribution in [3.63, 3.8) is 0 Å². The molecule has 1 aromatic carbocycles. The molecule has 0 aliphatic heterocycles. The zero-order valence-corrected chi connectivity index (χ0v) is 17.2. The minimum Gasteiger partial charge on any atom is -0.497 e. The SMILES string of the molecule is COc1cc(NC(=O)C(C)OC(=O)c2cc(C)n(CC(F)(F)F)c2C)cc(OC)c1. The average molecular weight is 428 g/mol. The minimum absolute atomic E-state index is 0.0283. The van der Waals surface area contributed by atoms with Crippen LogP contribution in [0.15, 0.2) is 24.3 Å². The van der Waals surface area contributed by atoms with E-state index >= 15 is 0 Å². The molecule has 2 rings (SSSR count). The van der Waals surface area contributed by atoms with E-state index in [0.717, 1.165) is 4.57 Å². The van der Waals surface area contributed by atoms with Crippen LogP contribution < -0.4 is 14.8 Å². The van der Waals surface area contributed by atoms with Gasteiger partial charge in [-0.05, 0) is 26.8 Å². The number of benzene rings is 1. The first-order valence-corrected chi connectivity index (χ1v) is 8.93. The predicted octanol–water partition coefficient (Wildman–Crippen LogP) is 3.87. The molecule has 1 unspecified atom stereocenters. The number of aromatic nitrogens is 1. The van der Waals surface area contributed by atoms with Gasteiger partial charge in [0, 0.05) is 35.3 Å². The zero-order valence-electron chi connectivity index (χ0n) is 17.2. The number of nitrogens with one attached hydrogen (secondary N) is 1. The summed E-state index contributed by atoms with van der Waals surface area (Å²) in [6, 6.07) is 6.04. The van der Waals surface area contributed by atoms with Gasteiger partial charge in [0.05, 0.1) is 19.8 Å². The van der Waals surface area contributed by atoms with Gasteiger partial charge in [0.15, 0.2) is 6.10 Å². The summed E-state index contributed by atoms with van der Waals surface area (Å²) in [5.41, 5.74) is 0.708. The molecule has 164 valence electrons. The predicted molar refractivity (Wildman–Crippen MR) is 103 cm³/mol. The van der Waals surface area contributed by atoms with Crippen LogP contribution in [0.1, 0.15) is 28.7 Å². The fourth-order valence-electron chi connectivity index (χ4n) is 2.83. The Balaban J connectivity index is 2.11. The molecule has 30 heavy (non-hydrogen) atoms. The summed E-state index contributed by atoms with van der Waals surface area (Å²) in [7, 11) is 2.92. The van der Waals surface area contributed by atoms with Gasteiger partial charge in [-0.2, -0.15) is 13.2 Å². The quantitative estimate of drug-likeness (QED) is 0.678. The minimum atomic E-state index is -4.43. The highest BCUT2D eigenvalue weighted by molar-refractivity contribution is 5.98. The van der Waals surface area contributed by atoms with E-state index < -0.39 is 30.7 Å². The van der Waals surface area contributed by atoms with E-state index in [4.69, 9.17) is 14.2 Å². The van der Waals surface area contributed by atoms with Crippen molar-refractivity contribution in [2.45, 2.75) is 39.6 Å². The van der Waals surface area contributed by atoms with Gasteiger partial charge in [-0.15, -0.1) is 0 Å². The summed E-state index contributed by atoms with van der Waals surface area (Å²) >= 11 is 0. The van der Waals surface area contributed by atoms with Gasteiger partial charge in [-0.25, -0.2) is 4.79 Å². The molecule has 0 spiro atoms. The molecule has 0 aliphatic carbocycles. The molecule has 1 aromatic heterocycles. The van der Waals surface area contributed by atoms with Crippen LogP contribution in [0.3, 0.4) is 0 Å². The number of ether oxygens (including phenoxy) is 3. The van der Waals surface area contributed by atoms with E-state index in [0.29, 0.717) is 17.2 Å². The average Bonchev–Trinajstić information content (AvgIpc) is 2.94. The molecule has 0 saturated carbocycles. The van der Waals surface area contributed by atoms with Crippen LogP contribution in [0, 0.1) is 13.8 Å². The molecule has 0 fully saturated rings. The number of amides is 1. The van der Waals surface area contributed by atoms with Gasteiger partial charge in [-0.3, -0.25) is 4.79 Å². The number of nitrogens with zero attached hydrogens (tertiary/aromatic N) is 1. The third kappa shape index (κ3) is 5.68. The Kier molecular flexibility index (Phi) is 7.01. The van der Waals surface area contributed by atoms with Crippen molar-refractivity contribution in [3.05, 3.63) is 41.2 Å². The van der Waals surface area contributed by atoms with Gasteiger partial charge in [-0.1, -0.05) is 0 Å². The number of hydrogen-bond acceptors (Lipinski definition) is 5. The van der Waals surface area contributed by atoms with Gasteiger partial charge in [0.2, 0.25) is 0 Å². The number of hydrogen-bond donors (Lipinski definition) is 1. The van der Waals surface area contributed by atoms with Crippen molar-refractivity contribution in [2.24, 2.45) is 0 Å². The highest BCUT2D eigenvalue weighted by Gasteiger charge is 2.31. The molecule has 7 nitrogen and oxygen atoms in total. The Morgan fingerprint density at radius 2 is 1.63 bits per heavy atom. The number of halogens is 3. The van der Waals surface area contributed by atoms with Crippen LogP contribution in [0.2, 0.25) is 0 Å². The lowest BCUT2D eigenvalue weighted by Gasteiger charge is -2.15. The summed E-state index contributed by atoms with van der Waals surface area (Å²) in [6.07, 6.45) is -5.62. The molecule has 1 atom stereocenters. The Hall–Kier alpha value is -3.17. The first kappa shape index (κ1) is 23.1. The molecule has 0 saturated heterocycles. The Morgan fingerprint density at radius 3 is 2.13 bits per heavy atom. The van der Waals surface area contributed by atoms with Crippen molar-refractivity contribution < 1.29 is 37.0 Å². The molecular weight excluding hydrogens is 405 g/mol. The van der Waals surface area contributed by atoms with Crippen molar-refractivity contribution in [2.75, 3.05) is 19.5 Å². The first-order valence-electron chi connectivity index (χ1n) is 8.93. The molecule has 1 heterocycles. The topological polar surface area (TPSA) is 78.8 Å². The third-order valence-corrected chi connectivity index (χ3v) is 4.40. The van der Waals surface area contributed by atoms with Crippen LogP contribution >= 0.6 is 0 Å². The van der Waals surface area contributed by atoms with E-state index in [1.54, 1.807) is 18.2 Å². The van der Waals surface area contributed by atoms with Gasteiger partial charge in [0.25, 0.3) is 5.91 Å². The zero-order chi connectivity index (χ0) is 22.6. The van der Waals surface area contributed by atoms with Crippen LogP contribution in [0.25, 0.3) is 0 Å². The number of rotatable bonds is 7. The second kappa shape index (κ2) is 9.10. The largest absolute Gasteiger partial charge is 0.497 e. The number of carbonyl (C=O) groups is 2. The van der Waals surface area contributed by atoms with E-state index in [2.05, 4.69) is 5.32 Å². The summed E-state index contributed by atoms with van der Waals surface area (Å²) in [5.74, 6) is -0.608. The highest BCUT2D eigenvalue weighted by atomic mass is 19.4. The number of alkyl halides is 3. The van der Waals surface area contributed by atoms with Crippen LogP contribution in [-0.2, 0) is 16.1 Å². The fraction of sp³-hybridized carbons (Fsp3) is 0.400. The molecule has 0 radical (unpaired) electrons. The molecule has 2 aromatic rings. The lowest BCUT2D eigenvalue weighted by atomic mass is 10.2. The van der Waals surface area contributed by atoms with Crippen molar-refractivity contribution in [1.82, 2.24) is 4.57 Å². The van der Waals surface area contributed by atoms with Crippen LogP contribution in [-0.4, -0.2) is 42.9 Å². The second-order valence-electron chi connectivity index (χ2n) is 6.62. The monoisotopic (exact) mass is 428 g/mol. The fourth-order valence-corrected chi connectivity index (χ4v) is 2.83. The van der Waals surface area contributed by atoms with Crippen molar-refractivity contribution >= 4 is 17.6 Å². The Bertz CT molecular complexity index is 915. The number of anilines is 1. The van der Waals surface area contributed by atoms with Crippen molar-refractivity contribution in [1.29, 1.82) is 0 Å². The maximum atomic E-state index is 12.7. The summed E-state index contributed by atoms with van der Waals surface area (Å²) in [5, 5.41) is 2.58. The molecule has 1 amide bonds. The molecule has 0 aliphatic rings.